The Morgan fingerprint density at radius 2 is 1.27 bits per heavy atom. The number of rotatable bonds is 3. The van der Waals surface area contributed by atoms with Crippen molar-refractivity contribution in [2.75, 3.05) is 0 Å². The summed E-state index contributed by atoms with van der Waals surface area (Å²) in [5.74, 6) is 0. The summed E-state index contributed by atoms with van der Waals surface area (Å²) in [7, 11) is 0. The first-order chi connectivity index (χ1) is 7.09. The lowest BCUT2D eigenvalue weighted by atomic mass is 10.1. The zero-order valence-electron chi connectivity index (χ0n) is 12.5. The quantitative estimate of drug-likeness (QED) is 0.649. The second-order valence-corrected chi connectivity index (χ2v) is 2.86. The summed E-state index contributed by atoms with van der Waals surface area (Å²) in [6.07, 6.45) is 3.63. The zero-order chi connectivity index (χ0) is 13.3. The molecule has 0 aliphatic heterocycles. The van der Waals surface area contributed by atoms with E-state index in [1.165, 1.54) is 12.8 Å². The molecule has 1 nitrogen and oxygen atoms in total. The normalized spacial score (nSPS) is 9.13. The van der Waals surface area contributed by atoms with Gasteiger partial charge in [-0.1, -0.05) is 73.5 Å². The third-order valence-electron chi connectivity index (χ3n) is 1.57. The van der Waals surface area contributed by atoms with Gasteiger partial charge >= 0.3 is 0 Å². The number of unbranched alkanes of at least 4 members (excludes halogenated alkanes) is 1. The van der Waals surface area contributed by atoms with Gasteiger partial charge in [-0.2, -0.15) is 0 Å². The van der Waals surface area contributed by atoms with E-state index < -0.39 is 0 Å². The topological polar surface area (TPSA) is 26.0 Å². The largest absolute Gasteiger partial charge is 0.324 e. The van der Waals surface area contributed by atoms with E-state index in [9.17, 15) is 0 Å². The molecule has 0 saturated heterocycles. The maximum Gasteiger partial charge on any atom is 0.0245 e. The molecular formula is C14H35N. The maximum absolute atomic E-state index is 5.52. The predicted octanol–water partition coefficient (Wildman–Crippen LogP) is 5.16. The Bertz CT molecular complexity index is 85.3. The standard InChI is InChI=1S/C6H13N.C4H10.2C2H6/c1-4-6(7)5(2)3;1-3-4-2;2*1-2/h6H,2,4,7H2,1,3H3;3-4H2,1-2H3;2*1-2H3. The van der Waals surface area contributed by atoms with Gasteiger partial charge in [0.05, 0.1) is 0 Å². The van der Waals surface area contributed by atoms with Crippen molar-refractivity contribution in [1.29, 1.82) is 0 Å². The Morgan fingerprint density at radius 3 is 1.27 bits per heavy atom. The first kappa shape index (κ1) is 24.1. The molecule has 0 saturated carbocycles. The fourth-order valence-corrected chi connectivity index (χ4v) is 0.348. The van der Waals surface area contributed by atoms with Crippen LogP contribution in [0.3, 0.4) is 0 Å². The third kappa shape index (κ3) is 41.8. The molecule has 1 atom stereocenters. The van der Waals surface area contributed by atoms with E-state index in [1.54, 1.807) is 0 Å². The first-order valence-corrected chi connectivity index (χ1v) is 6.51. The number of nitrogens with two attached hydrogens (primary N) is 1. The van der Waals surface area contributed by atoms with Crippen molar-refractivity contribution in [1.82, 2.24) is 0 Å². The lowest BCUT2D eigenvalue weighted by molar-refractivity contribution is 0.742. The van der Waals surface area contributed by atoms with Gasteiger partial charge in [0, 0.05) is 6.04 Å². The minimum atomic E-state index is 0.208. The van der Waals surface area contributed by atoms with Gasteiger partial charge in [0.2, 0.25) is 0 Å². The molecule has 96 valence electrons. The maximum atomic E-state index is 5.52. The molecule has 0 aromatic rings. The molecule has 1 unspecified atom stereocenters. The van der Waals surface area contributed by atoms with Crippen LogP contribution in [0.15, 0.2) is 12.2 Å². The van der Waals surface area contributed by atoms with Crippen LogP contribution in [0.25, 0.3) is 0 Å². The average Bonchev–Trinajstić information content (AvgIpc) is 2.33. The number of hydrogen-bond acceptors (Lipinski definition) is 1. The van der Waals surface area contributed by atoms with Crippen molar-refractivity contribution in [3.8, 4) is 0 Å². The van der Waals surface area contributed by atoms with Crippen LogP contribution in [0.5, 0.6) is 0 Å². The van der Waals surface area contributed by atoms with Crippen molar-refractivity contribution in [2.45, 2.75) is 80.7 Å². The minimum Gasteiger partial charge on any atom is -0.324 e. The molecule has 0 fully saturated rings. The molecule has 0 bridgehead atoms. The fourth-order valence-electron chi connectivity index (χ4n) is 0.348. The second-order valence-electron chi connectivity index (χ2n) is 2.86. The van der Waals surface area contributed by atoms with Crippen molar-refractivity contribution >= 4 is 0 Å². The van der Waals surface area contributed by atoms with E-state index in [2.05, 4.69) is 27.4 Å². The molecule has 0 aromatic carbocycles. The second kappa shape index (κ2) is 29.2. The lowest BCUT2D eigenvalue weighted by Crippen LogP contribution is -2.18. The zero-order valence-corrected chi connectivity index (χ0v) is 12.5. The minimum absolute atomic E-state index is 0.208. The Hall–Kier alpha value is -0.300. The summed E-state index contributed by atoms with van der Waals surface area (Å²) in [4.78, 5) is 0. The highest BCUT2D eigenvalue weighted by Gasteiger charge is 1.94. The van der Waals surface area contributed by atoms with Gasteiger partial charge in [0.25, 0.3) is 0 Å². The van der Waals surface area contributed by atoms with Gasteiger partial charge in [0.1, 0.15) is 0 Å². The van der Waals surface area contributed by atoms with Crippen LogP contribution in [-0.4, -0.2) is 6.04 Å². The van der Waals surface area contributed by atoms with Gasteiger partial charge < -0.3 is 5.73 Å². The molecule has 2 N–H and O–H groups in total. The van der Waals surface area contributed by atoms with Crippen LogP contribution in [-0.2, 0) is 0 Å². The molecule has 1 heteroatoms. The Kier molecular flexibility index (Phi) is 46.9. The van der Waals surface area contributed by atoms with Crippen molar-refractivity contribution in [3.63, 3.8) is 0 Å². The van der Waals surface area contributed by atoms with E-state index in [0.29, 0.717) is 0 Å². The Morgan fingerprint density at radius 1 is 1.00 bits per heavy atom. The molecular weight excluding hydrogens is 182 g/mol. The predicted molar refractivity (Wildman–Crippen MR) is 76.4 cm³/mol. The van der Waals surface area contributed by atoms with Crippen LogP contribution in [0.1, 0.15) is 74.7 Å². The summed E-state index contributed by atoms with van der Waals surface area (Å²) in [6.45, 7) is 20.1. The van der Waals surface area contributed by atoms with Gasteiger partial charge in [-0.25, -0.2) is 0 Å². The summed E-state index contributed by atoms with van der Waals surface area (Å²) >= 11 is 0. The Balaban J connectivity index is -0.0000000647. The van der Waals surface area contributed by atoms with Crippen LogP contribution in [0.4, 0.5) is 0 Å². The molecule has 0 aliphatic rings. The van der Waals surface area contributed by atoms with Crippen molar-refractivity contribution in [2.24, 2.45) is 5.73 Å². The summed E-state index contributed by atoms with van der Waals surface area (Å²) in [5, 5.41) is 0. The third-order valence-corrected chi connectivity index (χ3v) is 1.57. The molecule has 0 aliphatic carbocycles. The molecule has 0 heterocycles. The molecule has 0 amide bonds. The van der Waals surface area contributed by atoms with Gasteiger partial charge in [-0.05, 0) is 13.3 Å². The summed E-state index contributed by atoms with van der Waals surface area (Å²) < 4.78 is 0. The first-order valence-electron chi connectivity index (χ1n) is 6.51. The highest BCUT2D eigenvalue weighted by Crippen LogP contribution is 1.96. The van der Waals surface area contributed by atoms with Gasteiger partial charge in [-0.3, -0.25) is 0 Å². The van der Waals surface area contributed by atoms with Gasteiger partial charge in [-0.15, -0.1) is 0 Å². The summed E-state index contributed by atoms with van der Waals surface area (Å²) in [6, 6.07) is 0.208. The monoisotopic (exact) mass is 217 g/mol. The van der Waals surface area contributed by atoms with Crippen molar-refractivity contribution in [3.05, 3.63) is 12.2 Å². The smallest absolute Gasteiger partial charge is 0.0245 e. The molecule has 0 spiro atoms. The van der Waals surface area contributed by atoms with E-state index >= 15 is 0 Å². The average molecular weight is 217 g/mol. The fraction of sp³-hybridized carbons (Fsp3) is 0.857. The van der Waals surface area contributed by atoms with E-state index in [4.69, 9.17) is 5.73 Å². The van der Waals surface area contributed by atoms with Gasteiger partial charge in [0.15, 0.2) is 0 Å². The van der Waals surface area contributed by atoms with Crippen LogP contribution < -0.4 is 5.73 Å². The molecule has 0 rings (SSSR count). The van der Waals surface area contributed by atoms with Crippen molar-refractivity contribution < 1.29 is 0 Å². The highest BCUT2D eigenvalue weighted by molar-refractivity contribution is 4.98. The lowest BCUT2D eigenvalue weighted by Gasteiger charge is -2.04. The molecule has 0 aromatic heterocycles. The summed E-state index contributed by atoms with van der Waals surface area (Å²) in [5.41, 5.74) is 6.59. The molecule has 0 radical (unpaired) electrons. The van der Waals surface area contributed by atoms with Crippen LogP contribution in [0, 0.1) is 0 Å². The highest BCUT2D eigenvalue weighted by atomic mass is 14.6. The number of hydrogen-bond donors (Lipinski definition) is 1. The molecule has 15 heavy (non-hydrogen) atoms. The van der Waals surface area contributed by atoms with Crippen LogP contribution in [0.2, 0.25) is 0 Å². The van der Waals surface area contributed by atoms with E-state index in [1.807, 2.05) is 34.6 Å². The van der Waals surface area contributed by atoms with Crippen LogP contribution >= 0.6 is 0 Å². The Labute approximate surface area is 99.2 Å². The van der Waals surface area contributed by atoms with E-state index in [-0.39, 0.29) is 6.04 Å². The van der Waals surface area contributed by atoms with E-state index in [0.717, 1.165) is 12.0 Å². The SMILES string of the molecule is C=C(C)C(N)CC.CC.CC.CCCC.